The van der Waals surface area contributed by atoms with Crippen molar-refractivity contribution in [2.45, 2.75) is 13.3 Å². The summed E-state index contributed by atoms with van der Waals surface area (Å²) in [6.45, 7) is 9.34. The summed E-state index contributed by atoms with van der Waals surface area (Å²) in [4.78, 5) is 7.91. The van der Waals surface area contributed by atoms with Crippen LogP contribution < -0.4 is 0 Å². The van der Waals surface area contributed by atoms with Crippen LogP contribution in [0.15, 0.2) is 18.2 Å². The fourth-order valence-corrected chi connectivity index (χ4v) is 1.77. The number of aryl methyl sites for hydroxylation is 2. The lowest BCUT2D eigenvalue weighted by atomic mass is 10.1. The van der Waals surface area contributed by atoms with Crippen LogP contribution in [0.5, 0.6) is 0 Å². The Morgan fingerprint density at radius 1 is 1.47 bits per heavy atom. The maximum absolute atomic E-state index is 6.81. The molecular weight excluding hydrogens is 186 g/mol. The van der Waals surface area contributed by atoms with Gasteiger partial charge in [-0.25, -0.2) is 11.6 Å². The van der Waals surface area contributed by atoms with E-state index in [2.05, 4.69) is 26.5 Å². The van der Waals surface area contributed by atoms with Crippen molar-refractivity contribution >= 4 is 11.0 Å². The second-order valence-electron chi connectivity index (χ2n) is 3.63. The zero-order chi connectivity index (χ0) is 10.8. The summed E-state index contributed by atoms with van der Waals surface area (Å²) in [5.41, 5.74) is 3.36. The van der Waals surface area contributed by atoms with Crippen LogP contribution in [0.1, 0.15) is 11.4 Å². The van der Waals surface area contributed by atoms with E-state index in [9.17, 15) is 0 Å². The Labute approximate surface area is 89.2 Å². The van der Waals surface area contributed by atoms with Gasteiger partial charge in [-0.05, 0) is 18.6 Å². The number of fused-ring (bicyclic) bond motifs is 1. The van der Waals surface area contributed by atoms with Crippen LogP contribution in [0, 0.1) is 13.5 Å². The first-order valence-electron chi connectivity index (χ1n) is 4.98. The van der Waals surface area contributed by atoms with Gasteiger partial charge in [-0.3, -0.25) is 0 Å². The molecule has 0 bridgehead atoms. The third-order valence-electron chi connectivity index (χ3n) is 2.71. The summed E-state index contributed by atoms with van der Waals surface area (Å²) >= 11 is 0. The summed E-state index contributed by atoms with van der Waals surface area (Å²) in [5.74, 6) is 1.01. The van der Waals surface area contributed by atoms with Crippen LogP contribution in [0.25, 0.3) is 15.9 Å². The molecule has 0 unspecified atom stereocenters. The SMILES string of the molecule is [C-]#[N+]CCc1cccc2c1nc(C)n2C. The molecule has 0 spiro atoms. The molecule has 0 radical (unpaired) electrons. The lowest BCUT2D eigenvalue weighted by molar-refractivity contribution is 0.886. The molecule has 0 saturated carbocycles. The molecule has 2 aromatic rings. The predicted molar refractivity (Wildman–Crippen MR) is 60.6 cm³/mol. The third kappa shape index (κ3) is 1.59. The predicted octanol–water partition coefficient (Wildman–Crippen LogP) is 2.34. The molecule has 0 aliphatic rings. The van der Waals surface area contributed by atoms with Gasteiger partial charge in [0.1, 0.15) is 5.82 Å². The van der Waals surface area contributed by atoms with Crippen molar-refractivity contribution in [3.63, 3.8) is 0 Å². The average molecular weight is 199 g/mol. The first kappa shape index (κ1) is 9.72. The zero-order valence-electron chi connectivity index (χ0n) is 8.99. The number of para-hydroxylation sites is 1. The van der Waals surface area contributed by atoms with Crippen molar-refractivity contribution in [3.05, 3.63) is 41.0 Å². The molecule has 0 amide bonds. The van der Waals surface area contributed by atoms with Gasteiger partial charge >= 0.3 is 0 Å². The van der Waals surface area contributed by atoms with Gasteiger partial charge in [-0.2, -0.15) is 0 Å². The molecule has 0 aliphatic heterocycles. The van der Waals surface area contributed by atoms with E-state index in [0.717, 1.165) is 23.3 Å². The van der Waals surface area contributed by atoms with Crippen LogP contribution in [-0.4, -0.2) is 16.1 Å². The molecule has 1 heterocycles. The zero-order valence-corrected chi connectivity index (χ0v) is 8.99. The number of imidazole rings is 1. The van der Waals surface area contributed by atoms with Crippen molar-refractivity contribution in [3.8, 4) is 0 Å². The lowest BCUT2D eigenvalue weighted by Crippen LogP contribution is -1.91. The van der Waals surface area contributed by atoms with Gasteiger partial charge in [-0.15, -0.1) is 0 Å². The maximum atomic E-state index is 6.81. The standard InChI is InChI=1S/C12H13N3/c1-9-14-12-10(7-8-13-2)5-4-6-11(12)15(9)3/h4-6H,7-8H2,1,3H3. The second kappa shape index (κ2) is 3.74. The molecule has 1 aromatic heterocycles. The number of rotatable bonds is 2. The number of hydrogen-bond acceptors (Lipinski definition) is 1. The van der Waals surface area contributed by atoms with Gasteiger partial charge in [0.2, 0.25) is 6.54 Å². The van der Waals surface area contributed by atoms with Crippen LogP contribution in [0.4, 0.5) is 0 Å². The lowest BCUT2D eigenvalue weighted by Gasteiger charge is -1.98. The van der Waals surface area contributed by atoms with Gasteiger partial charge in [0, 0.05) is 13.5 Å². The van der Waals surface area contributed by atoms with E-state index in [1.54, 1.807) is 0 Å². The first-order chi connectivity index (χ1) is 7.24. The van der Waals surface area contributed by atoms with Crippen LogP contribution in [-0.2, 0) is 13.5 Å². The summed E-state index contributed by atoms with van der Waals surface area (Å²) < 4.78 is 2.08. The molecule has 0 fully saturated rings. The molecule has 15 heavy (non-hydrogen) atoms. The number of benzene rings is 1. The summed E-state index contributed by atoms with van der Waals surface area (Å²) in [6.07, 6.45) is 0.789. The molecule has 0 atom stereocenters. The van der Waals surface area contributed by atoms with Crippen molar-refractivity contribution in [2.75, 3.05) is 6.54 Å². The van der Waals surface area contributed by atoms with Crippen molar-refractivity contribution < 1.29 is 0 Å². The average Bonchev–Trinajstić information content (AvgIpc) is 2.53. The van der Waals surface area contributed by atoms with E-state index in [4.69, 9.17) is 6.57 Å². The molecule has 0 aliphatic carbocycles. The second-order valence-corrected chi connectivity index (χ2v) is 3.63. The highest BCUT2D eigenvalue weighted by atomic mass is 15.0. The summed E-state index contributed by atoms with van der Waals surface area (Å²) in [5, 5.41) is 0. The Bertz CT molecular complexity index is 532. The minimum Gasteiger partial charge on any atom is -0.331 e. The van der Waals surface area contributed by atoms with Gasteiger partial charge in [-0.1, -0.05) is 12.1 Å². The number of hydrogen-bond donors (Lipinski definition) is 0. The van der Waals surface area contributed by atoms with E-state index in [-0.39, 0.29) is 0 Å². The molecule has 0 N–H and O–H groups in total. The molecular formula is C12H13N3. The molecule has 3 heteroatoms. The monoisotopic (exact) mass is 199 g/mol. The van der Waals surface area contributed by atoms with Gasteiger partial charge in [0.05, 0.1) is 11.0 Å². The van der Waals surface area contributed by atoms with Gasteiger partial charge in [0.25, 0.3) is 0 Å². The minimum absolute atomic E-state index is 0.536. The Kier molecular flexibility index (Phi) is 2.42. The highest BCUT2D eigenvalue weighted by Crippen LogP contribution is 2.19. The van der Waals surface area contributed by atoms with E-state index in [1.807, 2.05) is 20.0 Å². The van der Waals surface area contributed by atoms with E-state index in [0.29, 0.717) is 6.54 Å². The Morgan fingerprint density at radius 2 is 2.27 bits per heavy atom. The fraction of sp³-hybridized carbons (Fsp3) is 0.333. The third-order valence-corrected chi connectivity index (χ3v) is 2.71. The van der Waals surface area contributed by atoms with Crippen LogP contribution in [0.3, 0.4) is 0 Å². The highest BCUT2D eigenvalue weighted by molar-refractivity contribution is 5.79. The van der Waals surface area contributed by atoms with Gasteiger partial charge in [0.15, 0.2) is 0 Å². The minimum atomic E-state index is 0.536. The topological polar surface area (TPSA) is 22.2 Å². The summed E-state index contributed by atoms with van der Waals surface area (Å²) in [7, 11) is 2.02. The fourth-order valence-electron chi connectivity index (χ4n) is 1.77. The number of nitrogens with zero attached hydrogens (tertiary/aromatic N) is 3. The quantitative estimate of drug-likeness (QED) is 0.680. The van der Waals surface area contributed by atoms with E-state index >= 15 is 0 Å². The molecule has 1 aromatic carbocycles. The number of aromatic nitrogens is 2. The molecule has 76 valence electrons. The Balaban J connectivity index is 2.57. The Morgan fingerprint density at radius 3 is 3.00 bits per heavy atom. The van der Waals surface area contributed by atoms with Crippen molar-refractivity contribution in [2.24, 2.45) is 7.05 Å². The van der Waals surface area contributed by atoms with Crippen molar-refractivity contribution in [1.29, 1.82) is 0 Å². The van der Waals surface area contributed by atoms with Gasteiger partial charge < -0.3 is 9.41 Å². The molecule has 0 saturated heterocycles. The smallest absolute Gasteiger partial charge is 0.218 e. The molecule has 2 rings (SSSR count). The van der Waals surface area contributed by atoms with Crippen LogP contribution in [0.2, 0.25) is 0 Å². The van der Waals surface area contributed by atoms with E-state index < -0.39 is 0 Å². The van der Waals surface area contributed by atoms with Crippen molar-refractivity contribution in [1.82, 2.24) is 9.55 Å². The largest absolute Gasteiger partial charge is 0.331 e. The molecule has 3 nitrogen and oxygen atoms in total. The Hall–Kier alpha value is -1.82. The maximum Gasteiger partial charge on any atom is 0.218 e. The van der Waals surface area contributed by atoms with Crippen LogP contribution >= 0.6 is 0 Å². The summed E-state index contributed by atoms with van der Waals surface area (Å²) in [6, 6.07) is 6.15. The van der Waals surface area contributed by atoms with E-state index in [1.165, 1.54) is 5.56 Å². The highest BCUT2D eigenvalue weighted by Gasteiger charge is 2.08. The normalized spacial score (nSPS) is 10.5. The first-order valence-corrected chi connectivity index (χ1v) is 4.98.